The standard InChI is InChI=1S/C29H29FN4O5S/c1-20-16-22(21(2)34(20)26-13-9-8-12-25(26)30)18-31-32-29(35)19-33(40(36,37)24-10-6-5-7-11-24)27-17-23(38-3)14-15-28(27)39-4/h5-18H,19H2,1-4H3,(H,32,35)/b31-18-. The first-order valence-electron chi connectivity index (χ1n) is 12.2. The molecule has 11 heteroatoms. The van der Waals surface area contributed by atoms with E-state index in [1.807, 2.05) is 19.9 Å². The van der Waals surface area contributed by atoms with E-state index in [2.05, 4.69) is 10.5 Å². The Balaban J connectivity index is 1.62. The largest absolute Gasteiger partial charge is 0.497 e. The second kappa shape index (κ2) is 12.0. The van der Waals surface area contributed by atoms with Gasteiger partial charge in [0.05, 0.1) is 36.7 Å². The lowest BCUT2D eigenvalue weighted by Crippen LogP contribution is -2.39. The minimum absolute atomic E-state index is 0.00300. The van der Waals surface area contributed by atoms with Crippen molar-refractivity contribution in [2.45, 2.75) is 18.7 Å². The van der Waals surface area contributed by atoms with Crippen LogP contribution in [-0.2, 0) is 14.8 Å². The molecule has 1 N–H and O–H groups in total. The Kier molecular flexibility index (Phi) is 8.54. The maximum Gasteiger partial charge on any atom is 0.264 e. The Labute approximate surface area is 232 Å². The second-order valence-corrected chi connectivity index (χ2v) is 10.6. The third kappa shape index (κ3) is 5.84. The van der Waals surface area contributed by atoms with Crippen LogP contribution in [0, 0.1) is 19.7 Å². The smallest absolute Gasteiger partial charge is 0.264 e. The highest BCUT2D eigenvalue weighted by Gasteiger charge is 2.30. The average Bonchev–Trinajstić information content (AvgIpc) is 3.24. The van der Waals surface area contributed by atoms with Gasteiger partial charge in [0.1, 0.15) is 23.9 Å². The molecule has 0 radical (unpaired) electrons. The van der Waals surface area contributed by atoms with Crippen molar-refractivity contribution in [2.75, 3.05) is 25.1 Å². The zero-order valence-electron chi connectivity index (χ0n) is 22.5. The summed E-state index contributed by atoms with van der Waals surface area (Å²) in [6, 6.07) is 20.7. The summed E-state index contributed by atoms with van der Waals surface area (Å²) in [7, 11) is -1.33. The van der Waals surface area contributed by atoms with Crippen LogP contribution < -0.4 is 19.2 Å². The zero-order chi connectivity index (χ0) is 28.9. The van der Waals surface area contributed by atoms with E-state index in [1.54, 1.807) is 53.1 Å². The van der Waals surface area contributed by atoms with Crippen LogP contribution >= 0.6 is 0 Å². The number of nitrogens with one attached hydrogen (secondary N) is 1. The fourth-order valence-corrected chi connectivity index (χ4v) is 5.72. The van der Waals surface area contributed by atoms with Crippen molar-refractivity contribution in [2.24, 2.45) is 5.10 Å². The van der Waals surface area contributed by atoms with Gasteiger partial charge in [0.25, 0.3) is 15.9 Å². The number of benzene rings is 3. The molecule has 1 heterocycles. The Morgan fingerprint density at radius 1 is 1.00 bits per heavy atom. The first kappa shape index (κ1) is 28.4. The lowest BCUT2D eigenvalue weighted by molar-refractivity contribution is -0.119. The van der Waals surface area contributed by atoms with E-state index in [-0.39, 0.29) is 22.1 Å². The summed E-state index contributed by atoms with van der Waals surface area (Å²) >= 11 is 0. The summed E-state index contributed by atoms with van der Waals surface area (Å²) in [4.78, 5) is 13.0. The number of carbonyl (C=O) groups is 1. The number of amides is 1. The van der Waals surface area contributed by atoms with Crippen LogP contribution in [-0.4, -0.2) is 45.9 Å². The zero-order valence-corrected chi connectivity index (χ0v) is 23.3. The molecule has 40 heavy (non-hydrogen) atoms. The van der Waals surface area contributed by atoms with Crippen LogP contribution in [0.5, 0.6) is 11.5 Å². The van der Waals surface area contributed by atoms with Gasteiger partial charge in [0.15, 0.2) is 0 Å². The summed E-state index contributed by atoms with van der Waals surface area (Å²) in [6.07, 6.45) is 1.43. The number of sulfonamides is 1. The van der Waals surface area contributed by atoms with Gasteiger partial charge < -0.3 is 14.0 Å². The predicted molar refractivity (Wildman–Crippen MR) is 151 cm³/mol. The lowest BCUT2D eigenvalue weighted by Gasteiger charge is -2.25. The first-order valence-corrected chi connectivity index (χ1v) is 13.7. The molecular weight excluding hydrogens is 535 g/mol. The highest BCUT2D eigenvalue weighted by atomic mass is 32.2. The number of rotatable bonds is 10. The molecule has 0 spiro atoms. The molecule has 0 aliphatic heterocycles. The number of halogens is 1. The number of hydrogen-bond acceptors (Lipinski definition) is 6. The van der Waals surface area contributed by atoms with Crippen molar-refractivity contribution in [3.63, 3.8) is 0 Å². The first-order chi connectivity index (χ1) is 19.2. The monoisotopic (exact) mass is 564 g/mol. The molecule has 0 atom stereocenters. The quantitative estimate of drug-likeness (QED) is 0.224. The van der Waals surface area contributed by atoms with E-state index in [0.29, 0.717) is 17.0 Å². The molecule has 0 saturated heterocycles. The highest BCUT2D eigenvalue weighted by molar-refractivity contribution is 7.92. The number of aryl methyl sites for hydroxylation is 1. The van der Waals surface area contributed by atoms with Crippen LogP contribution in [0.4, 0.5) is 10.1 Å². The van der Waals surface area contributed by atoms with Gasteiger partial charge in [0, 0.05) is 23.0 Å². The Morgan fingerprint density at radius 2 is 1.70 bits per heavy atom. The molecule has 4 aromatic rings. The normalized spacial score (nSPS) is 11.4. The van der Waals surface area contributed by atoms with Gasteiger partial charge in [-0.15, -0.1) is 0 Å². The minimum Gasteiger partial charge on any atom is -0.497 e. The number of hydrazone groups is 1. The van der Waals surface area contributed by atoms with Crippen molar-refractivity contribution in [3.8, 4) is 17.2 Å². The van der Waals surface area contributed by atoms with E-state index in [0.717, 1.165) is 15.7 Å². The van der Waals surface area contributed by atoms with Crippen LogP contribution in [0.3, 0.4) is 0 Å². The summed E-state index contributed by atoms with van der Waals surface area (Å²) in [6.45, 7) is 3.06. The molecule has 3 aromatic carbocycles. The summed E-state index contributed by atoms with van der Waals surface area (Å²) in [5.74, 6) is -0.442. The number of carbonyl (C=O) groups excluding carboxylic acids is 1. The molecule has 1 aromatic heterocycles. The summed E-state index contributed by atoms with van der Waals surface area (Å²) in [5, 5.41) is 4.04. The van der Waals surface area contributed by atoms with Crippen molar-refractivity contribution in [3.05, 3.63) is 102 Å². The molecule has 4 rings (SSSR count). The van der Waals surface area contributed by atoms with E-state index in [9.17, 15) is 17.6 Å². The van der Waals surface area contributed by atoms with E-state index in [4.69, 9.17) is 9.47 Å². The molecule has 208 valence electrons. The van der Waals surface area contributed by atoms with Crippen molar-refractivity contribution >= 4 is 27.8 Å². The molecule has 0 bridgehead atoms. The lowest BCUT2D eigenvalue weighted by atomic mass is 10.2. The number of aromatic nitrogens is 1. The number of ether oxygens (including phenoxy) is 2. The van der Waals surface area contributed by atoms with Gasteiger partial charge in [0.2, 0.25) is 0 Å². The fourth-order valence-electron chi connectivity index (χ4n) is 4.27. The van der Waals surface area contributed by atoms with E-state index >= 15 is 0 Å². The maximum absolute atomic E-state index is 14.4. The molecule has 0 aliphatic rings. The van der Waals surface area contributed by atoms with Gasteiger partial charge in [-0.1, -0.05) is 30.3 Å². The average molecular weight is 565 g/mol. The maximum atomic E-state index is 14.4. The molecule has 9 nitrogen and oxygen atoms in total. The minimum atomic E-state index is -4.18. The third-order valence-electron chi connectivity index (χ3n) is 6.23. The summed E-state index contributed by atoms with van der Waals surface area (Å²) < 4.78 is 55.1. The van der Waals surface area contributed by atoms with Gasteiger partial charge >= 0.3 is 0 Å². The Bertz CT molecular complexity index is 1650. The van der Waals surface area contributed by atoms with Crippen LogP contribution in [0.15, 0.2) is 88.9 Å². The van der Waals surface area contributed by atoms with Crippen molar-refractivity contribution < 1.29 is 27.1 Å². The van der Waals surface area contributed by atoms with Crippen LogP contribution in [0.25, 0.3) is 5.69 Å². The van der Waals surface area contributed by atoms with Gasteiger partial charge in [-0.3, -0.25) is 9.10 Å². The highest BCUT2D eigenvalue weighted by Crippen LogP contribution is 2.35. The predicted octanol–water partition coefficient (Wildman–Crippen LogP) is 4.60. The van der Waals surface area contributed by atoms with Gasteiger partial charge in [-0.25, -0.2) is 18.2 Å². The molecule has 0 saturated carbocycles. The molecule has 1 amide bonds. The van der Waals surface area contributed by atoms with E-state index in [1.165, 1.54) is 44.7 Å². The van der Waals surface area contributed by atoms with Crippen molar-refractivity contribution in [1.29, 1.82) is 0 Å². The summed E-state index contributed by atoms with van der Waals surface area (Å²) in [5.41, 5.74) is 5.07. The van der Waals surface area contributed by atoms with Crippen LogP contribution in [0.2, 0.25) is 0 Å². The van der Waals surface area contributed by atoms with E-state index < -0.39 is 22.5 Å². The van der Waals surface area contributed by atoms with Gasteiger partial charge in [-0.2, -0.15) is 5.10 Å². The molecule has 0 fully saturated rings. The van der Waals surface area contributed by atoms with Crippen LogP contribution in [0.1, 0.15) is 17.0 Å². The molecule has 0 aliphatic carbocycles. The van der Waals surface area contributed by atoms with Gasteiger partial charge in [-0.05, 0) is 56.3 Å². The third-order valence-corrected chi connectivity index (χ3v) is 8.00. The van der Waals surface area contributed by atoms with Crippen molar-refractivity contribution in [1.82, 2.24) is 9.99 Å². The number of anilines is 1. The Morgan fingerprint density at radius 3 is 2.38 bits per heavy atom. The number of para-hydroxylation sites is 1. The Hall–Kier alpha value is -4.64. The number of methoxy groups -OCH3 is 2. The topological polar surface area (TPSA) is 102 Å². The number of hydrogen-bond donors (Lipinski definition) is 1. The molecular formula is C29H29FN4O5S. The second-order valence-electron chi connectivity index (χ2n) is 8.77. The SMILES string of the molecule is COc1ccc(OC)c(N(CC(=O)N/N=C\c2cc(C)n(-c3ccccc3F)c2C)S(=O)(=O)c2ccccc2)c1. The fraction of sp³-hybridized carbons (Fsp3) is 0.172. The molecule has 0 unspecified atom stereocenters. The number of nitrogens with zero attached hydrogens (tertiary/aromatic N) is 3.